The topological polar surface area (TPSA) is 65.2 Å². The molecule has 78 valence electrons. The molecule has 0 aliphatic carbocycles. The third-order valence-electron chi connectivity index (χ3n) is 1.81. The lowest BCUT2D eigenvalue weighted by atomic mass is 10.1. The van der Waals surface area contributed by atoms with Gasteiger partial charge in [0.2, 0.25) is 0 Å². The molecule has 0 saturated carbocycles. The van der Waals surface area contributed by atoms with Crippen LogP contribution in [-0.4, -0.2) is 11.1 Å². The van der Waals surface area contributed by atoms with Crippen molar-refractivity contribution in [3.63, 3.8) is 0 Å². The quantitative estimate of drug-likeness (QED) is 0.742. The number of amides is 1. The van der Waals surface area contributed by atoms with Crippen LogP contribution in [0.15, 0.2) is 12.3 Å². The molecule has 0 aromatic carbocycles. The number of rotatable bonds is 2. The molecule has 1 aromatic heterocycles. The van der Waals surface area contributed by atoms with Crippen LogP contribution >= 0.6 is 0 Å². The van der Waals surface area contributed by atoms with E-state index in [0.717, 1.165) is 12.0 Å². The first-order valence-corrected chi connectivity index (χ1v) is 4.57. The number of nitrogens with zero attached hydrogens (tertiary/aromatic N) is 1. The molecule has 2 N–H and O–H groups in total. The summed E-state index contributed by atoms with van der Waals surface area (Å²) < 4.78 is 4.89. The first-order chi connectivity index (χ1) is 7.19. The Hall–Kier alpha value is -2.02. The van der Waals surface area contributed by atoms with E-state index in [1.165, 1.54) is 0 Å². The Bertz CT molecular complexity index is 430. The van der Waals surface area contributed by atoms with Crippen molar-refractivity contribution in [2.45, 2.75) is 20.3 Å². The molecule has 0 atom stereocenters. The average molecular weight is 204 g/mol. The number of pyridine rings is 1. The molecule has 0 radical (unpaired) electrons. The van der Waals surface area contributed by atoms with Gasteiger partial charge in [-0.1, -0.05) is 12.8 Å². The van der Waals surface area contributed by atoms with Gasteiger partial charge < -0.3 is 10.5 Å². The van der Waals surface area contributed by atoms with Crippen molar-refractivity contribution in [2.75, 3.05) is 0 Å². The van der Waals surface area contributed by atoms with E-state index < -0.39 is 6.09 Å². The number of carbonyl (C=O) groups is 1. The maximum atomic E-state index is 10.7. The van der Waals surface area contributed by atoms with Gasteiger partial charge in [-0.3, -0.25) is 0 Å². The van der Waals surface area contributed by atoms with Crippen LogP contribution in [0.4, 0.5) is 4.79 Å². The lowest BCUT2D eigenvalue weighted by Gasteiger charge is -2.07. The summed E-state index contributed by atoms with van der Waals surface area (Å²) in [6.07, 6.45) is 1.51. The molecule has 0 bridgehead atoms. The first-order valence-electron chi connectivity index (χ1n) is 4.57. The fourth-order valence-corrected chi connectivity index (χ4v) is 1.19. The molecular weight excluding hydrogens is 192 g/mol. The number of ether oxygens (including phenoxy) is 1. The monoisotopic (exact) mass is 204 g/mol. The highest BCUT2D eigenvalue weighted by Gasteiger charge is 2.10. The van der Waals surface area contributed by atoms with Crippen molar-refractivity contribution in [3.8, 4) is 17.6 Å². The summed E-state index contributed by atoms with van der Waals surface area (Å²) in [6, 6.07) is 1.78. The van der Waals surface area contributed by atoms with Crippen LogP contribution in [0.5, 0.6) is 5.75 Å². The van der Waals surface area contributed by atoms with Crippen LogP contribution in [0.3, 0.4) is 0 Å². The van der Waals surface area contributed by atoms with Gasteiger partial charge in [-0.05, 0) is 30.9 Å². The van der Waals surface area contributed by atoms with Crippen LogP contribution in [0, 0.1) is 11.8 Å². The molecule has 15 heavy (non-hydrogen) atoms. The van der Waals surface area contributed by atoms with Crippen molar-refractivity contribution in [2.24, 2.45) is 5.73 Å². The smallest absolute Gasteiger partial charge is 0.407 e. The average Bonchev–Trinajstić information content (AvgIpc) is 2.20. The molecule has 1 heterocycles. The highest BCUT2D eigenvalue weighted by atomic mass is 16.5. The van der Waals surface area contributed by atoms with Gasteiger partial charge in [-0.25, -0.2) is 9.78 Å². The van der Waals surface area contributed by atoms with Gasteiger partial charge in [0.15, 0.2) is 11.4 Å². The standard InChI is InChI=1S/C11H12N2O2/c1-3-5-9-10(15-11(12)14)8(4-2)6-7-13-9/h6-7H,4H2,1-2H3,(H2,12,14). The number of carbonyl (C=O) groups excluding carboxylic acids is 1. The van der Waals surface area contributed by atoms with Crippen molar-refractivity contribution >= 4 is 6.09 Å². The molecule has 1 aromatic rings. The molecular formula is C11H12N2O2. The fraction of sp³-hybridized carbons (Fsp3) is 0.273. The number of hydrogen-bond acceptors (Lipinski definition) is 3. The molecule has 0 fully saturated rings. The van der Waals surface area contributed by atoms with Gasteiger partial charge in [0.1, 0.15) is 0 Å². The van der Waals surface area contributed by atoms with Crippen molar-refractivity contribution in [1.29, 1.82) is 0 Å². The second kappa shape index (κ2) is 5.01. The van der Waals surface area contributed by atoms with E-state index >= 15 is 0 Å². The van der Waals surface area contributed by atoms with Crippen LogP contribution < -0.4 is 10.5 Å². The largest absolute Gasteiger partial charge is 0.410 e. The number of primary amides is 1. The summed E-state index contributed by atoms with van der Waals surface area (Å²) in [6.45, 7) is 3.64. The van der Waals surface area contributed by atoms with E-state index in [-0.39, 0.29) is 0 Å². The normalized spacial score (nSPS) is 8.93. The molecule has 4 nitrogen and oxygen atoms in total. The molecule has 1 rings (SSSR count). The molecule has 0 aliphatic heterocycles. The van der Waals surface area contributed by atoms with Crippen molar-refractivity contribution in [3.05, 3.63) is 23.5 Å². The number of nitrogens with two attached hydrogens (primary N) is 1. The van der Waals surface area contributed by atoms with Crippen LogP contribution in [0.2, 0.25) is 0 Å². The van der Waals surface area contributed by atoms with Gasteiger partial charge in [0.05, 0.1) is 0 Å². The Labute approximate surface area is 88.5 Å². The van der Waals surface area contributed by atoms with Gasteiger partial charge in [-0.15, -0.1) is 0 Å². The highest BCUT2D eigenvalue weighted by molar-refractivity contribution is 5.69. The van der Waals surface area contributed by atoms with Crippen molar-refractivity contribution in [1.82, 2.24) is 4.98 Å². The Morgan fingerprint density at radius 3 is 2.93 bits per heavy atom. The molecule has 0 spiro atoms. The van der Waals surface area contributed by atoms with Crippen LogP contribution in [0.25, 0.3) is 0 Å². The van der Waals surface area contributed by atoms with Crippen LogP contribution in [0.1, 0.15) is 25.1 Å². The van der Waals surface area contributed by atoms with E-state index in [1.54, 1.807) is 19.2 Å². The van der Waals surface area contributed by atoms with Gasteiger partial charge in [0.25, 0.3) is 0 Å². The van der Waals surface area contributed by atoms with E-state index in [1.807, 2.05) is 6.92 Å². The zero-order valence-corrected chi connectivity index (χ0v) is 8.70. The predicted molar refractivity (Wildman–Crippen MR) is 56.4 cm³/mol. The summed E-state index contributed by atoms with van der Waals surface area (Å²) in [7, 11) is 0. The van der Waals surface area contributed by atoms with Crippen LogP contribution in [-0.2, 0) is 6.42 Å². The zero-order chi connectivity index (χ0) is 11.3. The molecule has 0 saturated heterocycles. The SMILES string of the molecule is CC#Cc1nccc(CC)c1OC(N)=O. The minimum Gasteiger partial charge on any atom is -0.407 e. The summed E-state index contributed by atoms with van der Waals surface area (Å²) in [5.74, 6) is 5.83. The predicted octanol–water partition coefficient (Wildman–Crippen LogP) is 1.47. The molecule has 4 heteroatoms. The molecule has 0 aliphatic rings. The number of aryl methyl sites for hydroxylation is 1. The molecule has 1 amide bonds. The third-order valence-corrected chi connectivity index (χ3v) is 1.81. The Kier molecular flexibility index (Phi) is 3.69. The minimum atomic E-state index is -0.850. The third kappa shape index (κ3) is 2.71. The Balaban J connectivity index is 3.24. The van der Waals surface area contributed by atoms with E-state index in [2.05, 4.69) is 16.8 Å². The lowest BCUT2D eigenvalue weighted by Crippen LogP contribution is -2.18. The maximum absolute atomic E-state index is 10.7. The molecule has 0 unspecified atom stereocenters. The van der Waals surface area contributed by atoms with Crippen molar-refractivity contribution < 1.29 is 9.53 Å². The van der Waals surface area contributed by atoms with Gasteiger partial charge >= 0.3 is 6.09 Å². The van der Waals surface area contributed by atoms with Gasteiger partial charge in [0, 0.05) is 6.20 Å². The number of aromatic nitrogens is 1. The lowest BCUT2D eigenvalue weighted by molar-refractivity contribution is 0.210. The highest BCUT2D eigenvalue weighted by Crippen LogP contribution is 2.21. The summed E-state index contributed by atoms with van der Waals surface area (Å²) in [4.78, 5) is 14.7. The second-order valence-corrected chi connectivity index (χ2v) is 2.80. The fourth-order valence-electron chi connectivity index (χ4n) is 1.19. The Morgan fingerprint density at radius 2 is 2.40 bits per heavy atom. The van der Waals surface area contributed by atoms with Gasteiger partial charge in [-0.2, -0.15) is 0 Å². The van der Waals surface area contributed by atoms with E-state index in [9.17, 15) is 4.79 Å². The van der Waals surface area contributed by atoms with E-state index in [4.69, 9.17) is 10.5 Å². The zero-order valence-electron chi connectivity index (χ0n) is 8.70. The first kappa shape index (κ1) is 11.1. The Morgan fingerprint density at radius 1 is 1.67 bits per heavy atom. The number of hydrogen-bond donors (Lipinski definition) is 1. The minimum absolute atomic E-state index is 0.363. The summed E-state index contributed by atoms with van der Waals surface area (Å²) in [5, 5.41) is 0. The second-order valence-electron chi connectivity index (χ2n) is 2.80. The summed E-state index contributed by atoms with van der Waals surface area (Å²) in [5.41, 5.74) is 6.28. The maximum Gasteiger partial charge on any atom is 0.410 e. The van der Waals surface area contributed by atoms with E-state index in [0.29, 0.717) is 11.4 Å². The summed E-state index contributed by atoms with van der Waals surface area (Å²) >= 11 is 0.